The summed E-state index contributed by atoms with van der Waals surface area (Å²) < 4.78 is 36.9. The molecule has 1 amide bonds. The van der Waals surface area contributed by atoms with E-state index in [2.05, 4.69) is 5.32 Å². The van der Waals surface area contributed by atoms with Crippen molar-refractivity contribution in [1.29, 1.82) is 0 Å². The van der Waals surface area contributed by atoms with Crippen molar-refractivity contribution < 1.29 is 32.3 Å². The molecule has 0 unspecified atom stereocenters. The normalized spacial score (nSPS) is 14.5. The van der Waals surface area contributed by atoms with E-state index in [0.717, 1.165) is 0 Å². The van der Waals surface area contributed by atoms with Crippen LogP contribution in [0.1, 0.15) is 23.2 Å². The fourth-order valence-electron chi connectivity index (χ4n) is 3.08. The Morgan fingerprint density at radius 2 is 1.73 bits per heavy atom. The highest BCUT2D eigenvalue weighted by atomic mass is 35.5. The van der Waals surface area contributed by atoms with E-state index in [0.29, 0.717) is 23.8 Å². The number of nitrogens with one attached hydrogen (secondary N) is 1. The van der Waals surface area contributed by atoms with Gasteiger partial charge in [-0.05, 0) is 42.5 Å². The molecule has 1 N–H and O–H groups in total. The summed E-state index contributed by atoms with van der Waals surface area (Å²) >= 11 is 5.78. The molecule has 0 radical (unpaired) electrons. The fraction of sp³-hybridized carbons (Fsp3) is 0.318. The van der Waals surface area contributed by atoms with Gasteiger partial charge in [0, 0.05) is 35.8 Å². The Morgan fingerprint density at radius 3 is 2.42 bits per heavy atom. The molecule has 1 heterocycles. The van der Waals surface area contributed by atoms with E-state index in [4.69, 9.17) is 21.1 Å². The Hall–Kier alpha value is -2.79. The van der Waals surface area contributed by atoms with Crippen LogP contribution in [-0.4, -0.2) is 63.3 Å². The van der Waals surface area contributed by atoms with Gasteiger partial charge in [0.05, 0.1) is 24.5 Å². The maximum Gasteiger partial charge on any atom is 0.306 e. The Balaban J connectivity index is 1.47. The summed E-state index contributed by atoms with van der Waals surface area (Å²) in [4.78, 5) is 36.1. The third-order valence-corrected chi connectivity index (χ3v) is 6.96. The molecule has 3 rings (SSSR count). The summed E-state index contributed by atoms with van der Waals surface area (Å²) in [7, 11) is -3.71. The summed E-state index contributed by atoms with van der Waals surface area (Å²) in [5.74, 6) is -1.57. The number of hydrogen-bond acceptors (Lipinski definition) is 7. The van der Waals surface area contributed by atoms with Crippen LogP contribution in [0, 0.1) is 0 Å². The Bertz CT molecular complexity index is 1110. The number of morpholine rings is 1. The Labute approximate surface area is 196 Å². The van der Waals surface area contributed by atoms with Crippen LogP contribution < -0.4 is 5.32 Å². The summed E-state index contributed by atoms with van der Waals surface area (Å²) in [6.07, 6.45) is -0.244. The van der Waals surface area contributed by atoms with Crippen LogP contribution in [0.15, 0.2) is 53.4 Å². The first-order valence-corrected chi connectivity index (χ1v) is 12.0. The summed E-state index contributed by atoms with van der Waals surface area (Å²) in [5.41, 5.74) is 0.681. The van der Waals surface area contributed by atoms with Gasteiger partial charge < -0.3 is 14.8 Å². The molecule has 0 aromatic heterocycles. The molecule has 1 aliphatic rings. The minimum atomic E-state index is -3.71. The second kappa shape index (κ2) is 11.4. The zero-order chi connectivity index (χ0) is 23.8. The van der Waals surface area contributed by atoms with Gasteiger partial charge in [-0.3, -0.25) is 14.4 Å². The molecule has 1 aliphatic heterocycles. The van der Waals surface area contributed by atoms with Crippen molar-refractivity contribution in [3.05, 3.63) is 59.1 Å². The van der Waals surface area contributed by atoms with E-state index < -0.39 is 28.5 Å². The quantitative estimate of drug-likeness (QED) is 0.420. The molecule has 0 aliphatic carbocycles. The van der Waals surface area contributed by atoms with Crippen molar-refractivity contribution in [2.75, 3.05) is 38.2 Å². The predicted octanol–water partition coefficient (Wildman–Crippen LogP) is 2.51. The molecule has 0 spiro atoms. The highest BCUT2D eigenvalue weighted by Gasteiger charge is 2.26. The lowest BCUT2D eigenvalue weighted by molar-refractivity contribution is -0.147. The standard InChI is InChI=1S/C22H23ClN2O7S/c23-17-6-4-16(5-7-17)20(26)8-9-22(28)32-15-21(27)24-18-2-1-3-19(14-18)33(29,30)25-10-12-31-13-11-25/h1-7,14H,8-13,15H2,(H,24,27). The van der Waals surface area contributed by atoms with Gasteiger partial charge in [-0.15, -0.1) is 0 Å². The first-order chi connectivity index (χ1) is 15.8. The molecule has 0 bridgehead atoms. The zero-order valence-corrected chi connectivity index (χ0v) is 19.2. The molecular weight excluding hydrogens is 472 g/mol. The van der Waals surface area contributed by atoms with Gasteiger partial charge in [0.1, 0.15) is 0 Å². The van der Waals surface area contributed by atoms with Crippen LogP contribution in [0.3, 0.4) is 0 Å². The molecular formula is C22H23ClN2O7S. The molecule has 11 heteroatoms. The fourth-order valence-corrected chi connectivity index (χ4v) is 4.66. The molecule has 0 atom stereocenters. The number of Topliss-reactive ketones (excluding diaryl/α,β-unsaturated/α-hetero) is 1. The number of ketones is 1. The Kier molecular flexibility index (Phi) is 8.56. The number of sulfonamides is 1. The number of amides is 1. The number of halogens is 1. The topological polar surface area (TPSA) is 119 Å². The number of nitrogens with zero attached hydrogens (tertiary/aromatic N) is 1. The largest absolute Gasteiger partial charge is 0.456 e. The second-order valence-electron chi connectivity index (χ2n) is 7.18. The summed E-state index contributed by atoms with van der Waals surface area (Å²) in [5, 5.41) is 3.01. The third kappa shape index (κ3) is 7.10. The second-order valence-corrected chi connectivity index (χ2v) is 9.56. The maximum atomic E-state index is 12.7. The minimum Gasteiger partial charge on any atom is -0.456 e. The lowest BCUT2D eigenvalue weighted by Gasteiger charge is -2.26. The summed E-state index contributed by atoms with van der Waals surface area (Å²) in [6.45, 7) is 0.609. The van der Waals surface area contributed by atoms with Gasteiger partial charge >= 0.3 is 5.97 Å². The number of esters is 1. The van der Waals surface area contributed by atoms with Crippen molar-refractivity contribution in [1.82, 2.24) is 4.31 Å². The molecule has 33 heavy (non-hydrogen) atoms. The molecule has 0 saturated carbocycles. The highest BCUT2D eigenvalue weighted by molar-refractivity contribution is 7.89. The van der Waals surface area contributed by atoms with Gasteiger partial charge in [-0.25, -0.2) is 8.42 Å². The lowest BCUT2D eigenvalue weighted by atomic mass is 10.1. The van der Waals surface area contributed by atoms with E-state index in [-0.39, 0.29) is 42.3 Å². The van der Waals surface area contributed by atoms with Crippen LogP contribution in [-0.2, 0) is 29.1 Å². The van der Waals surface area contributed by atoms with E-state index >= 15 is 0 Å². The van der Waals surface area contributed by atoms with Crippen molar-refractivity contribution >= 4 is 45.0 Å². The van der Waals surface area contributed by atoms with Crippen LogP contribution in [0.4, 0.5) is 5.69 Å². The maximum absolute atomic E-state index is 12.7. The smallest absolute Gasteiger partial charge is 0.306 e. The Morgan fingerprint density at radius 1 is 1.03 bits per heavy atom. The zero-order valence-electron chi connectivity index (χ0n) is 17.7. The average molecular weight is 495 g/mol. The molecule has 2 aromatic rings. The van der Waals surface area contributed by atoms with Gasteiger partial charge in [0.2, 0.25) is 10.0 Å². The number of rotatable bonds is 9. The van der Waals surface area contributed by atoms with Gasteiger partial charge in [-0.2, -0.15) is 4.31 Å². The van der Waals surface area contributed by atoms with Gasteiger partial charge in [0.15, 0.2) is 12.4 Å². The van der Waals surface area contributed by atoms with Crippen LogP contribution >= 0.6 is 11.6 Å². The first kappa shape index (κ1) is 24.8. The molecule has 176 valence electrons. The number of benzene rings is 2. The minimum absolute atomic E-state index is 0.0416. The number of ether oxygens (including phenoxy) is 2. The number of anilines is 1. The van der Waals surface area contributed by atoms with E-state index in [1.54, 1.807) is 24.3 Å². The van der Waals surface area contributed by atoms with Crippen molar-refractivity contribution in [3.8, 4) is 0 Å². The van der Waals surface area contributed by atoms with Crippen molar-refractivity contribution in [3.63, 3.8) is 0 Å². The van der Waals surface area contributed by atoms with E-state index in [1.807, 2.05) is 0 Å². The molecule has 1 fully saturated rings. The van der Waals surface area contributed by atoms with Gasteiger partial charge in [-0.1, -0.05) is 17.7 Å². The molecule has 1 saturated heterocycles. The molecule has 2 aromatic carbocycles. The highest BCUT2D eigenvalue weighted by Crippen LogP contribution is 2.20. The van der Waals surface area contributed by atoms with Crippen LogP contribution in [0.5, 0.6) is 0 Å². The predicted molar refractivity (Wildman–Crippen MR) is 121 cm³/mol. The lowest BCUT2D eigenvalue weighted by Crippen LogP contribution is -2.40. The average Bonchev–Trinajstić information content (AvgIpc) is 2.82. The molecule has 9 nitrogen and oxygen atoms in total. The monoisotopic (exact) mass is 494 g/mol. The third-order valence-electron chi connectivity index (χ3n) is 4.81. The first-order valence-electron chi connectivity index (χ1n) is 10.2. The van der Waals surface area contributed by atoms with E-state index in [1.165, 1.54) is 28.6 Å². The SMILES string of the molecule is O=C(COC(=O)CCC(=O)c1ccc(Cl)cc1)Nc1cccc(S(=O)(=O)N2CCOCC2)c1. The van der Waals surface area contributed by atoms with Crippen molar-refractivity contribution in [2.24, 2.45) is 0 Å². The van der Waals surface area contributed by atoms with E-state index in [9.17, 15) is 22.8 Å². The number of carbonyl (C=O) groups excluding carboxylic acids is 3. The summed E-state index contributed by atoms with van der Waals surface area (Å²) in [6, 6.07) is 12.1. The van der Waals surface area contributed by atoms with Crippen LogP contribution in [0.25, 0.3) is 0 Å². The number of carbonyl (C=O) groups is 3. The van der Waals surface area contributed by atoms with Crippen LogP contribution in [0.2, 0.25) is 5.02 Å². The van der Waals surface area contributed by atoms with Crippen molar-refractivity contribution in [2.45, 2.75) is 17.7 Å². The van der Waals surface area contributed by atoms with Gasteiger partial charge in [0.25, 0.3) is 5.91 Å². The number of hydrogen-bond donors (Lipinski definition) is 1.